The number of nitrogens with one attached hydrogen (secondary N) is 1. The summed E-state index contributed by atoms with van der Waals surface area (Å²) < 4.78 is 31.3. The monoisotopic (exact) mass is 470 g/mol. The van der Waals surface area contributed by atoms with E-state index < -0.39 is 9.84 Å². The van der Waals surface area contributed by atoms with Crippen molar-refractivity contribution in [3.8, 4) is 17.0 Å². The van der Waals surface area contributed by atoms with Crippen molar-refractivity contribution in [2.24, 2.45) is 5.92 Å². The first-order chi connectivity index (χ1) is 15.7. The summed E-state index contributed by atoms with van der Waals surface area (Å²) in [6.07, 6.45) is 1.36. The van der Waals surface area contributed by atoms with Crippen molar-refractivity contribution in [1.29, 1.82) is 0 Å². The van der Waals surface area contributed by atoms with Crippen molar-refractivity contribution in [3.63, 3.8) is 0 Å². The molecule has 1 aliphatic heterocycles. The molecule has 0 saturated carbocycles. The van der Waals surface area contributed by atoms with Crippen LogP contribution in [0, 0.1) is 12.8 Å². The summed E-state index contributed by atoms with van der Waals surface area (Å²) in [5, 5.41) is 8.32. The van der Waals surface area contributed by atoms with Gasteiger partial charge >= 0.3 is 0 Å². The number of hydrogen-bond donors (Lipinski definition) is 1. The van der Waals surface area contributed by atoms with Gasteiger partial charge in [-0.05, 0) is 43.9 Å². The largest absolute Gasteiger partial charge is 0.497 e. The summed E-state index contributed by atoms with van der Waals surface area (Å²) in [5.41, 5.74) is 3.09. The highest BCUT2D eigenvalue weighted by atomic mass is 32.2. The second-order valence-corrected chi connectivity index (χ2v) is 11.2. The van der Waals surface area contributed by atoms with Gasteiger partial charge in [0.2, 0.25) is 0 Å². The van der Waals surface area contributed by atoms with Crippen LogP contribution in [0.25, 0.3) is 22.3 Å². The number of aryl methyl sites for hydroxylation is 1. The third-order valence-corrected chi connectivity index (χ3v) is 7.76. The van der Waals surface area contributed by atoms with E-state index in [2.05, 4.69) is 24.3 Å². The molecule has 9 heteroatoms. The van der Waals surface area contributed by atoms with Gasteiger partial charge in [0.05, 0.1) is 47.0 Å². The van der Waals surface area contributed by atoms with Crippen LogP contribution in [-0.4, -0.2) is 54.2 Å². The van der Waals surface area contributed by atoms with Gasteiger partial charge in [0.1, 0.15) is 5.75 Å². The fraction of sp³-hybridized carbons (Fsp3) is 0.458. The summed E-state index contributed by atoms with van der Waals surface area (Å²) >= 11 is 0. The first-order valence-corrected chi connectivity index (χ1v) is 13.0. The van der Waals surface area contributed by atoms with Crippen LogP contribution in [0.15, 0.2) is 30.3 Å². The number of carbonyl (C=O) groups is 1. The molecule has 1 aromatic carbocycles. The summed E-state index contributed by atoms with van der Waals surface area (Å²) in [5.74, 6) is 1.14. The van der Waals surface area contributed by atoms with E-state index in [9.17, 15) is 13.2 Å². The number of ether oxygens (including phenoxy) is 1. The summed E-state index contributed by atoms with van der Waals surface area (Å²) in [6.45, 7) is 6.63. The van der Waals surface area contributed by atoms with Gasteiger partial charge in [0.25, 0.3) is 5.91 Å². The highest BCUT2D eigenvalue weighted by Crippen LogP contribution is 2.32. The molecule has 1 unspecified atom stereocenters. The van der Waals surface area contributed by atoms with Crippen LogP contribution < -0.4 is 10.1 Å². The number of carbonyl (C=O) groups excluding carboxylic acids is 1. The molecule has 0 radical (unpaired) electrons. The van der Waals surface area contributed by atoms with Gasteiger partial charge in [0, 0.05) is 12.1 Å². The maximum atomic E-state index is 13.2. The zero-order valence-electron chi connectivity index (χ0n) is 19.5. The minimum absolute atomic E-state index is 0.0320. The van der Waals surface area contributed by atoms with E-state index in [4.69, 9.17) is 9.72 Å². The first kappa shape index (κ1) is 23.2. The second kappa shape index (κ2) is 9.13. The molecule has 2 aromatic heterocycles. The Kier molecular flexibility index (Phi) is 6.43. The summed E-state index contributed by atoms with van der Waals surface area (Å²) in [6, 6.07) is 8.98. The number of sulfone groups is 1. The van der Waals surface area contributed by atoms with Crippen molar-refractivity contribution in [3.05, 3.63) is 41.6 Å². The zero-order valence-corrected chi connectivity index (χ0v) is 20.3. The number of fused-ring (bicyclic) bond motifs is 1. The average Bonchev–Trinajstić information content (AvgIpc) is 3.31. The molecule has 1 saturated heterocycles. The quantitative estimate of drug-likeness (QED) is 0.566. The molecule has 1 aliphatic rings. The lowest BCUT2D eigenvalue weighted by molar-refractivity contribution is 0.0953. The predicted molar refractivity (Wildman–Crippen MR) is 128 cm³/mol. The molecule has 0 bridgehead atoms. The van der Waals surface area contributed by atoms with Gasteiger partial charge in [-0.1, -0.05) is 26.0 Å². The van der Waals surface area contributed by atoms with E-state index in [0.717, 1.165) is 12.0 Å². The van der Waals surface area contributed by atoms with Gasteiger partial charge in [0.15, 0.2) is 15.5 Å². The standard InChI is InChI=1S/C24H30N4O4S/c1-15(2)8-10-25-24(29)20-13-21(17-6-5-7-19(12-17)32-4)26-23-22(20)16(3)27-28(23)18-9-11-33(30,31)14-18/h5-7,12-13,15,18H,8-11,14H2,1-4H3,(H,25,29). The number of benzene rings is 1. The predicted octanol–water partition coefficient (Wildman–Crippen LogP) is 3.55. The Morgan fingerprint density at radius 1 is 1.30 bits per heavy atom. The Balaban J connectivity index is 1.86. The van der Waals surface area contributed by atoms with E-state index in [1.807, 2.05) is 31.2 Å². The van der Waals surface area contributed by atoms with E-state index >= 15 is 0 Å². The van der Waals surface area contributed by atoms with Gasteiger partial charge in [-0.25, -0.2) is 18.1 Å². The lowest BCUT2D eigenvalue weighted by Crippen LogP contribution is -2.25. The SMILES string of the molecule is COc1cccc(-c2cc(C(=O)NCCC(C)C)c3c(C)nn(C4CCS(=O)(=O)C4)c3n2)c1. The van der Waals surface area contributed by atoms with E-state index in [0.29, 0.717) is 52.6 Å². The van der Waals surface area contributed by atoms with Crippen LogP contribution in [0.4, 0.5) is 0 Å². The fourth-order valence-electron chi connectivity index (χ4n) is 4.21. The Morgan fingerprint density at radius 3 is 2.76 bits per heavy atom. The molecule has 1 fully saturated rings. The minimum Gasteiger partial charge on any atom is -0.497 e. The van der Waals surface area contributed by atoms with Crippen molar-refractivity contribution >= 4 is 26.8 Å². The van der Waals surface area contributed by atoms with Gasteiger partial charge in [-0.3, -0.25) is 4.79 Å². The number of methoxy groups -OCH3 is 1. The third kappa shape index (κ3) is 4.88. The first-order valence-electron chi connectivity index (χ1n) is 11.2. The molecule has 8 nitrogen and oxygen atoms in total. The Labute approximate surface area is 194 Å². The molecular formula is C24H30N4O4S. The maximum Gasteiger partial charge on any atom is 0.252 e. The number of nitrogens with zero attached hydrogens (tertiary/aromatic N) is 3. The van der Waals surface area contributed by atoms with Crippen LogP contribution in [-0.2, 0) is 9.84 Å². The maximum absolute atomic E-state index is 13.2. The van der Waals surface area contributed by atoms with Crippen molar-refractivity contribution in [2.75, 3.05) is 25.2 Å². The molecule has 1 atom stereocenters. The lowest BCUT2D eigenvalue weighted by Gasteiger charge is -2.13. The smallest absolute Gasteiger partial charge is 0.252 e. The van der Waals surface area contributed by atoms with Crippen LogP contribution in [0.1, 0.15) is 48.8 Å². The van der Waals surface area contributed by atoms with Crippen LogP contribution in [0.5, 0.6) is 5.75 Å². The third-order valence-electron chi connectivity index (χ3n) is 6.01. The average molecular weight is 471 g/mol. The molecule has 1 N–H and O–H groups in total. The number of pyridine rings is 1. The Hall–Kier alpha value is -2.94. The zero-order chi connectivity index (χ0) is 23.8. The number of amides is 1. The van der Waals surface area contributed by atoms with Gasteiger partial charge < -0.3 is 10.1 Å². The molecule has 0 aliphatic carbocycles. The molecular weight excluding hydrogens is 440 g/mol. The molecule has 4 rings (SSSR count). The van der Waals surface area contributed by atoms with E-state index in [1.54, 1.807) is 17.9 Å². The Morgan fingerprint density at radius 2 is 2.09 bits per heavy atom. The van der Waals surface area contributed by atoms with Crippen molar-refractivity contribution in [2.45, 2.75) is 39.7 Å². The highest BCUT2D eigenvalue weighted by molar-refractivity contribution is 7.91. The number of hydrogen-bond acceptors (Lipinski definition) is 6. The van der Waals surface area contributed by atoms with Crippen molar-refractivity contribution in [1.82, 2.24) is 20.1 Å². The van der Waals surface area contributed by atoms with Crippen LogP contribution in [0.3, 0.4) is 0 Å². The summed E-state index contributed by atoms with van der Waals surface area (Å²) in [4.78, 5) is 18.1. The normalized spacial score (nSPS) is 17.5. The number of rotatable bonds is 7. The molecule has 176 valence electrons. The minimum atomic E-state index is -3.11. The molecule has 0 spiro atoms. The fourth-order valence-corrected chi connectivity index (χ4v) is 5.91. The van der Waals surface area contributed by atoms with E-state index in [-0.39, 0.29) is 23.5 Å². The second-order valence-electron chi connectivity index (χ2n) is 9.01. The Bertz CT molecular complexity index is 1300. The lowest BCUT2D eigenvalue weighted by atomic mass is 10.0. The highest BCUT2D eigenvalue weighted by Gasteiger charge is 2.32. The number of aromatic nitrogens is 3. The van der Waals surface area contributed by atoms with E-state index in [1.165, 1.54) is 0 Å². The molecule has 3 heterocycles. The summed E-state index contributed by atoms with van der Waals surface area (Å²) in [7, 11) is -1.51. The van der Waals surface area contributed by atoms with Gasteiger partial charge in [-0.15, -0.1) is 0 Å². The van der Waals surface area contributed by atoms with Crippen molar-refractivity contribution < 1.29 is 17.9 Å². The molecule has 33 heavy (non-hydrogen) atoms. The van der Waals surface area contributed by atoms with Crippen LogP contribution in [0.2, 0.25) is 0 Å². The van der Waals surface area contributed by atoms with Gasteiger partial charge in [-0.2, -0.15) is 5.10 Å². The topological polar surface area (TPSA) is 103 Å². The van der Waals surface area contributed by atoms with Crippen LogP contribution >= 0.6 is 0 Å². The molecule has 1 amide bonds. The molecule has 3 aromatic rings.